The van der Waals surface area contributed by atoms with Gasteiger partial charge in [-0.3, -0.25) is 4.90 Å². The van der Waals surface area contributed by atoms with Gasteiger partial charge in [0.15, 0.2) is 5.16 Å². The highest BCUT2D eigenvalue weighted by Gasteiger charge is 2.37. The number of ether oxygens (including phenoxy) is 2. The molecule has 1 aromatic heterocycles. The van der Waals surface area contributed by atoms with E-state index in [-0.39, 0.29) is 12.6 Å². The Morgan fingerprint density at radius 2 is 1.97 bits per heavy atom. The van der Waals surface area contributed by atoms with E-state index in [1.807, 2.05) is 44.2 Å². The molecule has 2 heterocycles. The molecule has 0 fully saturated rings. The molecular weight excluding hydrogens is 428 g/mol. The summed E-state index contributed by atoms with van der Waals surface area (Å²) in [5.41, 5.74) is 1.83. The molecule has 0 saturated carbocycles. The zero-order chi connectivity index (χ0) is 22.9. The standard InChI is InChI=1S/C23H28N4O4S/c1-4-14-31-18-12-13-24-22(25-18)32-15-17-19(21(28)30-6-3)20(16-10-8-7-9-11-16)26-23(29)27(17)5-2/h7-13,20H,4-6,14-15H2,1-3H3,(H,26,29)/t20-/m1/s1. The zero-order valence-corrected chi connectivity index (χ0v) is 19.4. The maximum absolute atomic E-state index is 13.0. The number of amides is 2. The van der Waals surface area contributed by atoms with Gasteiger partial charge >= 0.3 is 12.0 Å². The van der Waals surface area contributed by atoms with Crippen LogP contribution in [0.4, 0.5) is 4.79 Å². The average Bonchev–Trinajstić information content (AvgIpc) is 2.82. The molecule has 1 atom stereocenters. The molecular formula is C23H28N4O4S. The van der Waals surface area contributed by atoms with Gasteiger partial charge in [-0.2, -0.15) is 4.98 Å². The number of esters is 1. The van der Waals surface area contributed by atoms with Gasteiger partial charge in [0, 0.05) is 30.3 Å². The fraction of sp³-hybridized carbons (Fsp3) is 0.391. The Balaban J connectivity index is 1.97. The van der Waals surface area contributed by atoms with Gasteiger partial charge in [0.25, 0.3) is 0 Å². The second-order valence-electron chi connectivity index (χ2n) is 6.93. The van der Waals surface area contributed by atoms with Crippen LogP contribution >= 0.6 is 11.8 Å². The number of nitrogens with zero attached hydrogens (tertiary/aromatic N) is 3. The van der Waals surface area contributed by atoms with Gasteiger partial charge in [-0.15, -0.1) is 0 Å². The Bertz CT molecular complexity index is 967. The molecule has 3 rings (SSSR count). The molecule has 9 heteroatoms. The third-order valence-electron chi connectivity index (χ3n) is 4.78. The third-order valence-corrected chi connectivity index (χ3v) is 5.66. The first-order valence-electron chi connectivity index (χ1n) is 10.7. The predicted octanol–water partition coefficient (Wildman–Crippen LogP) is 3.96. The number of carbonyl (C=O) groups excluding carboxylic acids is 2. The van der Waals surface area contributed by atoms with Crippen molar-refractivity contribution >= 4 is 23.8 Å². The molecule has 2 aromatic rings. The van der Waals surface area contributed by atoms with E-state index >= 15 is 0 Å². The maximum atomic E-state index is 13.0. The minimum absolute atomic E-state index is 0.240. The number of carbonyl (C=O) groups is 2. The van der Waals surface area contributed by atoms with Crippen molar-refractivity contribution in [2.75, 3.05) is 25.5 Å². The summed E-state index contributed by atoms with van der Waals surface area (Å²) in [7, 11) is 0. The highest BCUT2D eigenvalue weighted by atomic mass is 32.2. The van der Waals surface area contributed by atoms with Crippen molar-refractivity contribution in [3.8, 4) is 5.88 Å². The molecule has 0 bridgehead atoms. The van der Waals surface area contributed by atoms with E-state index in [4.69, 9.17) is 9.47 Å². The molecule has 0 unspecified atom stereocenters. The quantitative estimate of drug-likeness (QED) is 0.328. The van der Waals surface area contributed by atoms with E-state index in [0.29, 0.717) is 41.2 Å². The van der Waals surface area contributed by atoms with Crippen molar-refractivity contribution in [1.82, 2.24) is 20.2 Å². The van der Waals surface area contributed by atoms with Gasteiger partial charge in [-0.05, 0) is 25.8 Å². The summed E-state index contributed by atoms with van der Waals surface area (Å²) in [6, 6.07) is 10.3. The van der Waals surface area contributed by atoms with Crippen LogP contribution < -0.4 is 10.1 Å². The Morgan fingerprint density at radius 3 is 2.66 bits per heavy atom. The summed E-state index contributed by atoms with van der Waals surface area (Å²) in [5, 5.41) is 3.46. The smallest absolute Gasteiger partial charge is 0.338 e. The number of hydrogen-bond acceptors (Lipinski definition) is 7. The van der Waals surface area contributed by atoms with Crippen molar-refractivity contribution in [1.29, 1.82) is 0 Å². The number of nitrogens with one attached hydrogen (secondary N) is 1. The average molecular weight is 457 g/mol. The molecule has 1 aromatic carbocycles. The summed E-state index contributed by atoms with van der Waals surface area (Å²) < 4.78 is 11.0. The maximum Gasteiger partial charge on any atom is 0.338 e. The van der Waals surface area contributed by atoms with E-state index in [9.17, 15) is 9.59 Å². The third kappa shape index (κ3) is 5.59. The Labute approximate surface area is 192 Å². The van der Waals surface area contributed by atoms with Gasteiger partial charge in [0.2, 0.25) is 5.88 Å². The molecule has 0 saturated heterocycles. The van der Waals surface area contributed by atoms with E-state index < -0.39 is 12.0 Å². The zero-order valence-electron chi connectivity index (χ0n) is 18.5. The van der Waals surface area contributed by atoms with Crippen LogP contribution in [0.5, 0.6) is 5.88 Å². The van der Waals surface area contributed by atoms with Crippen molar-refractivity contribution in [2.45, 2.75) is 38.4 Å². The number of benzene rings is 1. The SMILES string of the molecule is CCCOc1ccnc(SCC2=C(C(=O)OCC)[C@@H](c3ccccc3)NC(=O)N2CC)n1. The molecule has 170 valence electrons. The summed E-state index contributed by atoms with van der Waals surface area (Å²) in [4.78, 5) is 36.2. The number of rotatable bonds is 10. The van der Waals surface area contributed by atoms with Gasteiger partial charge in [0.05, 0.1) is 24.8 Å². The van der Waals surface area contributed by atoms with Crippen LogP contribution in [0.1, 0.15) is 38.8 Å². The first-order chi connectivity index (χ1) is 15.6. The number of urea groups is 1. The molecule has 0 spiro atoms. The second kappa shape index (κ2) is 11.5. The van der Waals surface area contributed by atoms with E-state index in [0.717, 1.165) is 12.0 Å². The minimum atomic E-state index is -0.596. The lowest BCUT2D eigenvalue weighted by atomic mass is 9.95. The monoisotopic (exact) mass is 456 g/mol. The summed E-state index contributed by atoms with van der Waals surface area (Å²) in [6.07, 6.45) is 2.52. The van der Waals surface area contributed by atoms with Gasteiger partial charge < -0.3 is 14.8 Å². The molecule has 1 aliphatic rings. The molecule has 1 aliphatic heterocycles. The second-order valence-corrected chi connectivity index (χ2v) is 7.88. The van der Waals surface area contributed by atoms with Crippen LogP contribution in [0.3, 0.4) is 0 Å². The first-order valence-corrected chi connectivity index (χ1v) is 11.7. The number of aromatic nitrogens is 2. The highest BCUT2D eigenvalue weighted by Crippen LogP contribution is 2.34. The number of thioether (sulfide) groups is 1. The van der Waals surface area contributed by atoms with E-state index in [2.05, 4.69) is 15.3 Å². The topological polar surface area (TPSA) is 93.7 Å². The van der Waals surface area contributed by atoms with Crippen LogP contribution in [-0.4, -0.2) is 52.4 Å². The van der Waals surface area contributed by atoms with Crippen LogP contribution in [0.2, 0.25) is 0 Å². The minimum Gasteiger partial charge on any atom is -0.478 e. The Hall–Kier alpha value is -3.07. The summed E-state index contributed by atoms with van der Waals surface area (Å²) in [6.45, 7) is 6.88. The molecule has 2 amide bonds. The molecule has 0 aliphatic carbocycles. The Morgan fingerprint density at radius 1 is 1.19 bits per heavy atom. The van der Waals surface area contributed by atoms with Crippen molar-refractivity contribution in [3.05, 3.63) is 59.4 Å². The van der Waals surface area contributed by atoms with E-state index in [1.165, 1.54) is 11.8 Å². The summed E-state index contributed by atoms with van der Waals surface area (Å²) >= 11 is 1.34. The van der Waals surface area contributed by atoms with Crippen molar-refractivity contribution < 1.29 is 19.1 Å². The fourth-order valence-electron chi connectivity index (χ4n) is 3.35. The van der Waals surface area contributed by atoms with E-state index in [1.54, 1.807) is 24.1 Å². The lowest BCUT2D eigenvalue weighted by Gasteiger charge is -2.36. The predicted molar refractivity (Wildman–Crippen MR) is 122 cm³/mol. The van der Waals surface area contributed by atoms with Crippen LogP contribution in [-0.2, 0) is 9.53 Å². The number of hydrogen-bond donors (Lipinski definition) is 1. The molecule has 1 N–H and O–H groups in total. The summed E-state index contributed by atoms with van der Waals surface area (Å²) in [5.74, 6) is 0.381. The first kappa shape index (κ1) is 23.6. The largest absolute Gasteiger partial charge is 0.478 e. The lowest BCUT2D eigenvalue weighted by molar-refractivity contribution is -0.139. The van der Waals surface area contributed by atoms with Crippen LogP contribution in [0, 0.1) is 0 Å². The Kier molecular flexibility index (Phi) is 8.49. The molecule has 8 nitrogen and oxygen atoms in total. The van der Waals surface area contributed by atoms with Crippen molar-refractivity contribution in [2.24, 2.45) is 0 Å². The van der Waals surface area contributed by atoms with Crippen LogP contribution in [0.15, 0.2) is 59.0 Å². The molecule has 0 radical (unpaired) electrons. The normalized spacial score (nSPS) is 16.0. The van der Waals surface area contributed by atoms with Gasteiger partial charge in [-0.25, -0.2) is 14.6 Å². The van der Waals surface area contributed by atoms with Crippen molar-refractivity contribution in [3.63, 3.8) is 0 Å². The molecule has 32 heavy (non-hydrogen) atoms. The highest BCUT2D eigenvalue weighted by molar-refractivity contribution is 7.99. The lowest BCUT2D eigenvalue weighted by Crippen LogP contribution is -2.49. The van der Waals surface area contributed by atoms with Gasteiger partial charge in [-0.1, -0.05) is 49.0 Å². The fourth-order valence-corrected chi connectivity index (χ4v) is 4.22. The van der Waals surface area contributed by atoms with Gasteiger partial charge in [0.1, 0.15) is 0 Å². The van der Waals surface area contributed by atoms with Crippen LogP contribution in [0.25, 0.3) is 0 Å².